The fraction of sp³-hybridized carbons (Fsp3) is 0.700. The molecule has 28 heavy (non-hydrogen) atoms. The van der Waals surface area contributed by atoms with Crippen LogP contribution in [0.25, 0.3) is 11.2 Å². The van der Waals surface area contributed by atoms with E-state index in [0.29, 0.717) is 29.7 Å². The third-order valence-corrected chi connectivity index (χ3v) is 6.41. The van der Waals surface area contributed by atoms with Crippen LogP contribution in [0.1, 0.15) is 58.9 Å². The maximum Gasteiger partial charge on any atom is 0.333 e. The van der Waals surface area contributed by atoms with Gasteiger partial charge >= 0.3 is 5.69 Å². The van der Waals surface area contributed by atoms with Crippen LogP contribution in [0, 0.1) is 5.92 Å². The van der Waals surface area contributed by atoms with Crippen LogP contribution in [0.2, 0.25) is 0 Å². The van der Waals surface area contributed by atoms with E-state index in [1.165, 1.54) is 30.8 Å². The van der Waals surface area contributed by atoms with Gasteiger partial charge in [-0.3, -0.25) is 14.2 Å². The highest BCUT2D eigenvalue weighted by Gasteiger charge is 2.33. The standard InChI is InChI=1S/C20H29N5O3/c1-12-10-23(15-8-6-5-7-9-15)19-21-17-16(24(19)11-12)18(27)25(13(2)14(3)26)20(28)22(17)4/h12-13,15H,5-11H2,1-4H3/t12-,13+/m0/s1. The van der Waals surface area contributed by atoms with E-state index in [4.69, 9.17) is 4.98 Å². The summed E-state index contributed by atoms with van der Waals surface area (Å²) in [5.41, 5.74) is -0.0744. The van der Waals surface area contributed by atoms with Crippen LogP contribution in [0.4, 0.5) is 5.95 Å². The molecule has 3 heterocycles. The second-order valence-corrected chi connectivity index (χ2v) is 8.55. The number of rotatable bonds is 3. The maximum absolute atomic E-state index is 13.3. The van der Waals surface area contributed by atoms with E-state index in [9.17, 15) is 14.4 Å². The Morgan fingerprint density at radius 3 is 2.46 bits per heavy atom. The zero-order valence-corrected chi connectivity index (χ0v) is 17.1. The lowest BCUT2D eigenvalue weighted by Gasteiger charge is -2.40. The van der Waals surface area contributed by atoms with Crippen LogP contribution in [0.5, 0.6) is 0 Å². The molecule has 0 bridgehead atoms. The van der Waals surface area contributed by atoms with Gasteiger partial charge in [0.25, 0.3) is 5.56 Å². The molecule has 152 valence electrons. The molecule has 1 aliphatic carbocycles. The maximum atomic E-state index is 13.3. The van der Waals surface area contributed by atoms with Gasteiger partial charge in [-0.25, -0.2) is 9.36 Å². The predicted octanol–water partition coefficient (Wildman–Crippen LogP) is 1.84. The molecule has 1 fully saturated rings. The molecule has 4 rings (SSSR count). The summed E-state index contributed by atoms with van der Waals surface area (Å²) in [5.74, 6) is 0.955. The third-order valence-electron chi connectivity index (χ3n) is 6.41. The number of carbonyl (C=O) groups excluding carboxylic acids is 1. The molecule has 1 aliphatic heterocycles. The van der Waals surface area contributed by atoms with Crippen LogP contribution in [-0.4, -0.2) is 37.1 Å². The molecule has 2 aliphatic rings. The van der Waals surface area contributed by atoms with E-state index in [2.05, 4.69) is 11.8 Å². The first-order valence-corrected chi connectivity index (χ1v) is 10.3. The molecule has 2 aromatic rings. The highest BCUT2D eigenvalue weighted by molar-refractivity contribution is 5.80. The number of Topliss-reactive ketones (excluding diaryl/α,β-unsaturated/α-hetero) is 1. The molecule has 0 radical (unpaired) electrons. The highest BCUT2D eigenvalue weighted by Crippen LogP contribution is 2.33. The Labute approximate surface area is 163 Å². The minimum atomic E-state index is -0.794. The molecular weight excluding hydrogens is 358 g/mol. The number of nitrogens with zero attached hydrogens (tertiary/aromatic N) is 5. The lowest BCUT2D eigenvalue weighted by atomic mass is 9.93. The lowest BCUT2D eigenvalue weighted by Crippen LogP contribution is -2.46. The van der Waals surface area contributed by atoms with E-state index in [0.717, 1.165) is 29.9 Å². The van der Waals surface area contributed by atoms with Crippen LogP contribution in [0.15, 0.2) is 9.59 Å². The Kier molecular flexibility index (Phi) is 4.67. The number of ketones is 1. The van der Waals surface area contributed by atoms with Gasteiger partial charge in [0, 0.05) is 26.2 Å². The fourth-order valence-electron chi connectivity index (χ4n) is 4.73. The molecule has 0 amide bonds. The summed E-state index contributed by atoms with van der Waals surface area (Å²) in [6, 6.07) is -0.361. The Bertz CT molecular complexity index is 1040. The average Bonchev–Trinajstić information content (AvgIpc) is 3.06. The second kappa shape index (κ2) is 6.90. The Hall–Kier alpha value is -2.38. The number of carbonyl (C=O) groups is 1. The van der Waals surface area contributed by atoms with Gasteiger partial charge in [0.1, 0.15) is 0 Å². The SMILES string of the molecule is CC(=O)[C@@H](C)n1c(=O)c2c(nc3n2C[C@@H](C)CN3C2CCCCC2)n(C)c1=O. The zero-order chi connectivity index (χ0) is 20.2. The minimum Gasteiger partial charge on any atom is -0.339 e. The molecule has 2 atom stereocenters. The minimum absolute atomic E-state index is 0.214. The smallest absolute Gasteiger partial charge is 0.333 e. The van der Waals surface area contributed by atoms with E-state index < -0.39 is 17.3 Å². The van der Waals surface area contributed by atoms with Crippen molar-refractivity contribution in [1.29, 1.82) is 0 Å². The van der Waals surface area contributed by atoms with Gasteiger partial charge in [0.2, 0.25) is 5.95 Å². The monoisotopic (exact) mass is 387 g/mol. The van der Waals surface area contributed by atoms with Gasteiger partial charge in [0.15, 0.2) is 16.9 Å². The first kappa shape index (κ1) is 19.0. The summed E-state index contributed by atoms with van der Waals surface area (Å²) in [6.07, 6.45) is 5.99. The average molecular weight is 387 g/mol. The summed E-state index contributed by atoms with van der Waals surface area (Å²) in [4.78, 5) is 45.1. The third kappa shape index (κ3) is 2.81. The number of imidazole rings is 1. The van der Waals surface area contributed by atoms with Gasteiger partial charge in [-0.1, -0.05) is 26.2 Å². The van der Waals surface area contributed by atoms with Crippen LogP contribution < -0.4 is 16.1 Å². The summed E-state index contributed by atoms with van der Waals surface area (Å²) >= 11 is 0. The van der Waals surface area contributed by atoms with Gasteiger partial charge in [-0.15, -0.1) is 0 Å². The number of fused-ring (bicyclic) bond motifs is 3. The van der Waals surface area contributed by atoms with Crippen molar-refractivity contribution < 1.29 is 4.79 Å². The fourth-order valence-corrected chi connectivity index (χ4v) is 4.73. The van der Waals surface area contributed by atoms with E-state index in [-0.39, 0.29) is 5.78 Å². The van der Waals surface area contributed by atoms with Crippen LogP contribution in [-0.2, 0) is 18.4 Å². The van der Waals surface area contributed by atoms with Crippen molar-refractivity contribution >= 4 is 22.9 Å². The Morgan fingerprint density at radius 1 is 1.14 bits per heavy atom. The van der Waals surface area contributed by atoms with Crippen molar-refractivity contribution in [3.05, 3.63) is 20.8 Å². The van der Waals surface area contributed by atoms with E-state index in [1.807, 2.05) is 4.57 Å². The number of aromatic nitrogens is 4. The molecular formula is C20H29N5O3. The van der Waals surface area contributed by atoms with E-state index >= 15 is 0 Å². The molecule has 0 saturated heterocycles. The first-order valence-electron chi connectivity index (χ1n) is 10.3. The van der Waals surface area contributed by atoms with Crippen molar-refractivity contribution in [1.82, 2.24) is 18.7 Å². The van der Waals surface area contributed by atoms with Crippen molar-refractivity contribution in [2.45, 2.75) is 71.5 Å². The number of hydrogen-bond acceptors (Lipinski definition) is 5. The topological polar surface area (TPSA) is 82.1 Å². The molecule has 2 aromatic heterocycles. The largest absolute Gasteiger partial charge is 0.339 e. The van der Waals surface area contributed by atoms with Gasteiger partial charge in [0.05, 0.1) is 6.04 Å². The summed E-state index contributed by atoms with van der Waals surface area (Å²) in [5, 5.41) is 0. The molecule has 8 nitrogen and oxygen atoms in total. The number of hydrogen-bond donors (Lipinski definition) is 0. The van der Waals surface area contributed by atoms with Gasteiger partial charge in [-0.2, -0.15) is 4.98 Å². The van der Waals surface area contributed by atoms with Gasteiger partial charge in [-0.05, 0) is 32.6 Å². The van der Waals surface area contributed by atoms with Crippen molar-refractivity contribution in [2.24, 2.45) is 13.0 Å². The number of anilines is 1. The quantitative estimate of drug-likeness (QED) is 0.803. The van der Waals surface area contributed by atoms with Crippen molar-refractivity contribution in [3.63, 3.8) is 0 Å². The first-order chi connectivity index (χ1) is 13.3. The van der Waals surface area contributed by atoms with Crippen molar-refractivity contribution in [2.75, 3.05) is 11.4 Å². The molecule has 0 unspecified atom stereocenters. The summed E-state index contributed by atoms with van der Waals surface area (Å²) < 4.78 is 4.46. The van der Waals surface area contributed by atoms with Crippen molar-refractivity contribution in [3.8, 4) is 0 Å². The molecule has 8 heteroatoms. The van der Waals surface area contributed by atoms with Crippen LogP contribution in [0.3, 0.4) is 0 Å². The molecule has 0 aromatic carbocycles. The molecule has 0 N–H and O–H groups in total. The second-order valence-electron chi connectivity index (χ2n) is 8.55. The van der Waals surface area contributed by atoms with E-state index in [1.54, 1.807) is 14.0 Å². The molecule has 1 saturated carbocycles. The van der Waals surface area contributed by atoms with Crippen LogP contribution >= 0.6 is 0 Å². The molecule has 0 spiro atoms. The number of aryl methyl sites for hydroxylation is 1. The lowest BCUT2D eigenvalue weighted by molar-refractivity contribution is -0.119. The Morgan fingerprint density at radius 2 is 1.82 bits per heavy atom. The summed E-state index contributed by atoms with van der Waals surface area (Å²) in [6.45, 7) is 6.79. The summed E-state index contributed by atoms with van der Waals surface area (Å²) in [7, 11) is 1.63. The predicted molar refractivity (Wildman–Crippen MR) is 108 cm³/mol. The Balaban J connectivity index is 1.96. The highest BCUT2D eigenvalue weighted by atomic mass is 16.2. The zero-order valence-electron chi connectivity index (χ0n) is 17.1. The normalized spacial score (nSPS) is 21.7. The van der Waals surface area contributed by atoms with Gasteiger partial charge < -0.3 is 9.47 Å².